The minimum absolute atomic E-state index is 0.202. The molecule has 0 atom stereocenters. The van der Waals surface area contributed by atoms with Gasteiger partial charge < -0.3 is 15.8 Å². The van der Waals surface area contributed by atoms with Crippen LogP contribution in [0.15, 0.2) is 18.2 Å². The highest BCUT2D eigenvalue weighted by molar-refractivity contribution is 5.42. The molecule has 78 valence electrons. The maximum atomic E-state index is 5.55. The average molecular weight is 195 g/mol. The Bertz CT molecular complexity index is 299. The summed E-state index contributed by atoms with van der Waals surface area (Å²) in [6, 6.07) is 5.50. The number of aromatic nitrogens is 1. The van der Waals surface area contributed by atoms with Gasteiger partial charge in [-0.3, -0.25) is 0 Å². The van der Waals surface area contributed by atoms with Crippen molar-refractivity contribution in [3.8, 4) is 0 Å². The highest BCUT2D eigenvalue weighted by atomic mass is 16.5. The second-order valence-electron chi connectivity index (χ2n) is 3.77. The molecule has 1 aromatic rings. The summed E-state index contributed by atoms with van der Waals surface area (Å²) in [5.41, 5.74) is 5.35. The van der Waals surface area contributed by atoms with Gasteiger partial charge in [0.1, 0.15) is 11.6 Å². The maximum Gasteiger partial charge on any atom is 0.128 e. The Hall–Kier alpha value is -1.29. The first-order chi connectivity index (χ1) is 6.53. The van der Waals surface area contributed by atoms with E-state index in [4.69, 9.17) is 10.5 Å². The molecule has 0 aliphatic rings. The molecule has 0 radical (unpaired) electrons. The molecule has 4 nitrogen and oxygen atoms in total. The van der Waals surface area contributed by atoms with Crippen LogP contribution >= 0.6 is 0 Å². The lowest BCUT2D eigenvalue weighted by Gasteiger charge is -2.23. The van der Waals surface area contributed by atoms with Gasteiger partial charge in [0.05, 0.1) is 5.60 Å². The largest absolute Gasteiger partial charge is 0.384 e. The highest BCUT2D eigenvalue weighted by Crippen LogP contribution is 2.10. The molecule has 1 rings (SSSR count). The topological polar surface area (TPSA) is 60.2 Å². The van der Waals surface area contributed by atoms with Crippen LogP contribution in [0.3, 0.4) is 0 Å². The van der Waals surface area contributed by atoms with Crippen molar-refractivity contribution in [3.05, 3.63) is 18.2 Å². The number of nitrogens with one attached hydrogen (secondary N) is 1. The SMILES string of the molecule is COC(C)(C)CNc1cccc(N)n1. The van der Waals surface area contributed by atoms with Gasteiger partial charge in [-0.25, -0.2) is 4.98 Å². The fourth-order valence-electron chi connectivity index (χ4n) is 0.926. The quantitative estimate of drug-likeness (QED) is 0.764. The lowest BCUT2D eigenvalue weighted by atomic mass is 10.1. The molecular weight excluding hydrogens is 178 g/mol. The Labute approximate surface area is 84.5 Å². The normalized spacial score (nSPS) is 11.4. The van der Waals surface area contributed by atoms with Crippen molar-refractivity contribution in [2.24, 2.45) is 0 Å². The van der Waals surface area contributed by atoms with Crippen LogP contribution in [-0.2, 0) is 4.74 Å². The second-order valence-corrected chi connectivity index (χ2v) is 3.77. The van der Waals surface area contributed by atoms with Gasteiger partial charge in [0.15, 0.2) is 0 Å². The van der Waals surface area contributed by atoms with Crippen LogP contribution in [0.5, 0.6) is 0 Å². The Balaban J connectivity index is 2.54. The number of nitrogen functional groups attached to an aromatic ring is 1. The number of methoxy groups -OCH3 is 1. The first-order valence-electron chi connectivity index (χ1n) is 4.55. The van der Waals surface area contributed by atoms with Crippen molar-refractivity contribution in [2.45, 2.75) is 19.4 Å². The third kappa shape index (κ3) is 3.22. The van der Waals surface area contributed by atoms with E-state index >= 15 is 0 Å². The predicted octanol–water partition coefficient (Wildman–Crippen LogP) is 1.50. The number of nitrogens with two attached hydrogens (primary N) is 1. The van der Waals surface area contributed by atoms with Crippen molar-refractivity contribution in [2.75, 3.05) is 24.7 Å². The minimum Gasteiger partial charge on any atom is -0.384 e. The number of rotatable bonds is 4. The summed E-state index contributed by atoms with van der Waals surface area (Å²) in [5, 5.41) is 3.16. The zero-order valence-electron chi connectivity index (χ0n) is 8.87. The van der Waals surface area contributed by atoms with Gasteiger partial charge in [-0.05, 0) is 26.0 Å². The van der Waals surface area contributed by atoms with Gasteiger partial charge >= 0.3 is 0 Å². The van der Waals surface area contributed by atoms with E-state index in [9.17, 15) is 0 Å². The summed E-state index contributed by atoms with van der Waals surface area (Å²) in [4.78, 5) is 4.12. The molecule has 14 heavy (non-hydrogen) atoms. The van der Waals surface area contributed by atoms with E-state index in [0.717, 1.165) is 5.82 Å². The van der Waals surface area contributed by atoms with E-state index in [2.05, 4.69) is 10.3 Å². The molecule has 0 saturated carbocycles. The van der Waals surface area contributed by atoms with Gasteiger partial charge in [0.2, 0.25) is 0 Å². The van der Waals surface area contributed by atoms with E-state index < -0.39 is 0 Å². The van der Waals surface area contributed by atoms with Gasteiger partial charge in [0, 0.05) is 13.7 Å². The minimum atomic E-state index is -0.202. The van der Waals surface area contributed by atoms with Crippen LogP contribution in [0.25, 0.3) is 0 Å². The number of hydrogen-bond donors (Lipinski definition) is 2. The van der Waals surface area contributed by atoms with Crippen LogP contribution < -0.4 is 11.1 Å². The first kappa shape index (κ1) is 10.8. The molecule has 0 unspecified atom stereocenters. The maximum absolute atomic E-state index is 5.55. The fourth-order valence-corrected chi connectivity index (χ4v) is 0.926. The van der Waals surface area contributed by atoms with E-state index in [1.165, 1.54) is 0 Å². The van der Waals surface area contributed by atoms with E-state index in [1.54, 1.807) is 13.2 Å². The summed E-state index contributed by atoms with van der Waals surface area (Å²) in [5.74, 6) is 1.29. The number of pyridine rings is 1. The van der Waals surface area contributed by atoms with Crippen LogP contribution in [0.1, 0.15) is 13.8 Å². The number of nitrogens with zero attached hydrogens (tertiary/aromatic N) is 1. The Morgan fingerprint density at radius 2 is 2.21 bits per heavy atom. The average Bonchev–Trinajstić information content (AvgIpc) is 2.15. The lowest BCUT2D eigenvalue weighted by molar-refractivity contribution is 0.0343. The number of ether oxygens (including phenoxy) is 1. The molecular formula is C10H17N3O. The Morgan fingerprint density at radius 3 is 2.79 bits per heavy atom. The molecule has 0 aliphatic carbocycles. The molecule has 1 aromatic heterocycles. The summed E-state index contributed by atoms with van der Waals surface area (Å²) in [6.07, 6.45) is 0. The molecule has 0 fully saturated rings. The zero-order chi connectivity index (χ0) is 10.6. The van der Waals surface area contributed by atoms with Crippen LogP contribution in [0, 0.1) is 0 Å². The van der Waals surface area contributed by atoms with Gasteiger partial charge in [-0.2, -0.15) is 0 Å². The van der Waals surface area contributed by atoms with Crippen molar-refractivity contribution >= 4 is 11.6 Å². The molecule has 0 aliphatic heterocycles. The van der Waals surface area contributed by atoms with E-state index in [0.29, 0.717) is 12.4 Å². The zero-order valence-corrected chi connectivity index (χ0v) is 8.87. The molecule has 0 aromatic carbocycles. The standard InChI is InChI=1S/C10H17N3O/c1-10(2,14-3)7-12-9-6-4-5-8(11)13-9/h4-6H,7H2,1-3H3,(H3,11,12,13). The molecule has 0 spiro atoms. The summed E-state index contributed by atoms with van der Waals surface area (Å²) in [6.45, 7) is 4.71. The highest BCUT2D eigenvalue weighted by Gasteiger charge is 2.15. The summed E-state index contributed by atoms with van der Waals surface area (Å²) < 4.78 is 5.27. The van der Waals surface area contributed by atoms with E-state index in [1.807, 2.05) is 26.0 Å². The van der Waals surface area contributed by atoms with Gasteiger partial charge in [-0.1, -0.05) is 6.07 Å². The first-order valence-corrected chi connectivity index (χ1v) is 4.55. The fraction of sp³-hybridized carbons (Fsp3) is 0.500. The van der Waals surface area contributed by atoms with Crippen molar-refractivity contribution in [1.29, 1.82) is 0 Å². The van der Waals surface area contributed by atoms with Crippen molar-refractivity contribution in [1.82, 2.24) is 4.98 Å². The number of anilines is 2. The van der Waals surface area contributed by atoms with Gasteiger partial charge in [-0.15, -0.1) is 0 Å². The molecule has 0 amide bonds. The van der Waals surface area contributed by atoms with Crippen LogP contribution in [0.2, 0.25) is 0 Å². The van der Waals surface area contributed by atoms with Crippen LogP contribution in [-0.4, -0.2) is 24.2 Å². The third-order valence-corrected chi connectivity index (χ3v) is 2.02. The monoisotopic (exact) mass is 195 g/mol. The number of hydrogen-bond acceptors (Lipinski definition) is 4. The molecule has 1 heterocycles. The van der Waals surface area contributed by atoms with Crippen LogP contribution in [0.4, 0.5) is 11.6 Å². The van der Waals surface area contributed by atoms with E-state index in [-0.39, 0.29) is 5.60 Å². The lowest BCUT2D eigenvalue weighted by Crippen LogP contribution is -2.32. The smallest absolute Gasteiger partial charge is 0.128 e. The van der Waals surface area contributed by atoms with Crippen molar-refractivity contribution < 1.29 is 4.74 Å². The molecule has 0 saturated heterocycles. The van der Waals surface area contributed by atoms with Gasteiger partial charge in [0.25, 0.3) is 0 Å². The second kappa shape index (κ2) is 4.28. The third-order valence-electron chi connectivity index (χ3n) is 2.02. The summed E-state index contributed by atoms with van der Waals surface area (Å²) >= 11 is 0. The predicted molar refractivity (Wildman–Crippen MR) is 58.2 cm³/mol. The molecule has 0 bridgehead atoms. The Morgan fingerprint density at radius 1 is 1.50 bits per heavy atom. The molecule has 3 N–H and O–H groups in total. The summed E-state index contributed by atoms with van der Waals surface area (Å²) in [7, 11) is 1.69. The molecule has 4 heteroatoms. The Kier molecular flexibility index (Phi) is 3.30. The van der Waals surface area contributed by atoms with Crippen molar-refractivity contribution in [3.63, 3.8) is 0 Å².